The second-order valence-corrected chi connectivity index (χ2v) is 8.14. The molecule has 0 aromatic heterocycles. The van der Waals surface area contributed by atoms with Gasteiger partial charge in [0.05, 0.1) is 24.1 Å². The van der Waals surface area contributed by atoms with Crippen LogP contribution in [0.4, 0.5) is 13.2 Å². The van der Waals surface area contributed by atoms with Crippen molar-refractivity contribution >= 4 is 35.8 Å². The van der Waals surface area contributed by atoms with Gasteiger partial charge in [-0.15, -0.1) is 0 Å². The second-order valence-electron chi connectivity index (χ2n) is 5.78. The van der Waals surface area contributed by atoms with E-state index in [1.165, 1.54) is 0 Å². The number of hydrogen-bond acceptors (Lipinski definition) is 7. The van der Waals surface area contributed by atoms with Gasteiger partial charge in [0.25, 0.3) is 0 Å². The minimum atomic E-state index is -4.63. The van der Waals surface area contributed by atoms with Crippen molar-refractivity contribution in [3.63, 3.8) is 0 Å². The first-order chi connectivity index (χ1) is 12.1. The Morgan fingerprint density at radius 3 is 2.46 bits per heavy atom. The van der Waals surface area contributed by atoms with Crippen molar-refractivity contribution in [2.45, 2.75) is 56.6 Å². The van der Waals surface area contributed by atoms with Crippen molar-refractivity contribution in [2.24, 2.45) is 0 Å². The van der Waals surface area contributed by atoms with Crippen LogP contribution in [0, 0.1) is 5.21 Å². The first kappa shape index (κ1) is 23.1. The molecule has 0 spiro atoms. The molecule has 0 aromatic rings. The predicted octanol–water partition coefficient (Wildman–Crippen LogP) is 2.94. The molecule has 1 aliphatic carbocycles. The van der Waals surface area contributed by atoms with Crippen molar-refractivity contribution < 1.29 is 36.1 Å². The molecular weight excluding hydrogens is 395 g/mol. The molecule has 1 rings (SSSR count). The Labute approximate surface area is 158 Å². The zero-order valence-corrected chi connectivity index (χ0v) is 16.0. The summed E-state index contributed by atoms with van der Waals surface area (Å²) in [5, 5.41) is 11.0. The fourth-order valence-corrected chi connectivity index (χ4v) is 3.81. The molecule has 0 aromatic carbocycles. The van der Waals surface area contributed by atoms with E-state index in [0.717, 1.165) is 25.7 Å². The number of alkyl halides is 3. The number of carbonyl (C=O) groups is 2. The molecule has 0 bridgehead atoms. The highest BCUT2D eigenvalue weighted by Crippen LogP contribution is 2.36. The maximum atomic E-state index is 12.1. The van der Waals surface area contributed by atoms with Gasteiger partial charge in [0, 0.05) is 5.57 Å². The number of carbonyl (C=O) groups excluding carboxylic acids is 2. The van der Waals surface area contributed by atoms with Crippen molar-refractivity contribution in [3.8, 4) is 0 Å². The Hall–Kier alpha value is -0.910. The highest BCUT2D eigenvalue weighted by atomic mass is 32.2. The van der Waals surface area contributed by atoms with Gasteiger partial charge in [0.15, 0.2) is 0 Å². The molecule has 1 fully saturated rings. The summed E-state index contributed by atoms with van der Waals surface area (Å²) in [7, 11) is 0. The van der Waals surface area contributed by atoms with Gasteiger partial charge in [-0.1, -0.05) is 13.5 Å². The zero-order valence-electron chi connectivity index (χ0n) is 14.4. The van der Waals surface area contributed by atoms with Crippen LogP contribution in [0.1, 0.15) is 45.4 Å². The third-order valence-corrected chi connectivity index (χ3v) is 5.49. The van der Waals surface area contributed by atoms with Gasteiger partial charge < -0.3 is 14.7 Å². The van der Waals surface area contributed by atoms with Gasteiger partial charge in [0.1, 0.15) is 12.2 Å². The standard InChI is InChI=1S/C15H22F3NO5S2/c1-3-14(6-4-5-7-14)24-13(21)11(2)10-12(20)23-8-9-25-19(22)26-15(16,17)18/h19H,2-10H2,1H3. The third kappa shape index (κ3) is 8.65. The Morgan fingerprint density at radius 2 is 1.92 bits per heavy atom. The van der Waals surface area contributed by atoms with Crippen LogP contribution in [0.15, 0.2) is 12.2 Å². The topological polar surface area (TPSA) is 80.1 Å². The van der Waals surface area contributed by atoms with E-state index < -0.39 is 38.9 Å². The maximum absolute atomic E-state index is 12.1. The summed E-state index contributed by atoms with van der Waals surface area (Å²) in [4.78, 5) is 23.7. The van der Waals surface area contributed by atoms with Crippen LogP contribution in [0.5, 0.6) is 0 Å². The Balaban J connectivity index is 2.25. The van der Waals surface area contributed by atoms with E-state index in [2.05, 4.69) is 6.58 Å². The Bertz CT molecular complexity index is 510. The van der Waals surface area contributed by atoms with Crippen LogP contribution in [0.2, 0.25) is 0 Å². The summed E-state index contributed by atoms with van der Waals surface area (Å²) in [5.74, 6) is -1.50. The molecule has 0 heterocycles. The molecule has 150 valence electrons. The van der Waals surface area contributed by atoms with Gasteiger partial charge in [0.2, 0.25) is 11.9 Å². The van der Waals surface area contributed by atoms with Gasteiger partial charge in [-0.2, -0.15) is 13.2 Å². The number of quaternary nitrogens is 1. The van der Waals surface area contributed by atoms with E-state index in [0.29, 0.717) is 18.4 Å². The molecule has 1 saturated carbocycles. The average molecular weight is 417 g/mol. The molecule has 0 radical (unpaired) electrons. The van der Waals surface area contributed by atoms with Crippen molar-refractivity contribution in [3.05, 3.63) is 17.4 Å². The largest absolute Gasteiger partial charge is 0.609 e. The summed E-state index contributed by atoms with van der Waals surface area (Å²) >= 11 is -0.338. The monoisotopic (exact) mass is 417 g/mol. The molecule has 6 nitrogen and oxygen atoms in total. The number of halogens is 3. The molecule has 0 amide bonds. The summed E-state index contributed by atoms with van der Waals surface area (Å²) < 4.78 is 45.0. The molecule has 0 saturated heterocycles. The normalized spacial score (nSPS) is 17.6. The summed E-state index contributed by atoms with van der Waals surface area (Å²) in [6.07, 6.45) is 3.87. The van der Waals surface area contributed by atoms with E-state index in [4.69, 9.17) is 9.47 Å². The molecule has 0 aliphatic heterocycles. The summed E-state index contributed by atoms with van der Waals surface area (Å²) in [6, 6.07) is 0. The minimum absolute atomic E-state index is 0.0360. The van der Waals surface area contributed by atoms with E-state index in [1.807, 2.05) is 6.92 Å². The molecule has 1 atom stereocenters. The highest BCUT2D eigenvalue weighted by Gasteiger charge is 2.37. The molecule has 26 heavy (non-hydrogen) atoms. The zero-order chi connectivity index (χ0) is 19.8. The number of ether oxygens (including phenoxy) is 2. The fourth-order valence-electron chi connectivity index (χ4n) is 2.52. The van der Waals surface area contributed by atoms with E-state index in [-0.39, 0.29) is 24.4 Å². The van der Waals surface area contributed by atoms with Crippen LogP contribution in [-0.4, -0.2) is 35.4 Å². The van der Waals surface area contributed by atoms with Gasteiger partial charge >= 0.3 is 17.4 Å². The number of esters is 2. The smallest absolute Gasteiger partial charge is 0.497 e. The van der Waals surface area contributed by atoms with E-state index in [9.17, 15) is 28.0 Å². The number of hydrogen-bond donors (Lipinski definition) is 1. The Morgan fingerprint density at radius 1 is 1.31 bits per heavy atom. The van der Waals surface area contributed by atoms with Gasteiger partial charge in [-0.3, -0.25) is 4.79 Å². The lowest BCUT2D eigenvalue weighted by molar-refractivity contribution is -0.521. The van der Waals surface area contributed by atoms with Crippen LogP contribution < -0.4 is 3.87 Å². The predicted molar refractivity (Wildman–Crippen MR) is 92.7 cm³/mol. The lowest BCUT2D eigenvalue weighted by Crippen LogP contribution is -2.93. The second kappa shape index (κ2) is 10.4. The van der Waals surface area contributed by atoms with Crippen molar-refractivity contribution in [1.82, 2.24) is 0 Å². The average Bonchev–Trinajstić information content (AvgIpc) is 2.99. The quantitative estimate of drug-likeness (QED) is 0.192. The van der Waals surface area contributed by atoms with Gasteiger partial charge in [-0.25, -0.2) is 8.67 Å². The summed E-state index contributed by atoms with van der Waals surface area (Å²) in [6.45, 7) is 5.23. The molecule has 1 aliphatic rings. The van der Waals surface area contributed by atoms with E-state index >= 15 is 0 Å². The van der Waals surface area contributed by atoms with Crippen LogP contribution in [0.3, 0.4) is 0 Å². The highest BCUT2D eigenvalue weighted by molar-refractivity contribution is 8.05. The first-order valence-corrected chi connectivity index (χ1v) is 9.86. The molecule has 1 N–H and O–H groups in total. The van der Waals surface area contributed by atoms with Crippen LogP contribution in [-0.2, 0) is 19.1 Å². The Kier molecular flexibility index (Phi) is 9.28. The van der Waals surface area contributed by atoms with Crippen LogP contribution in [0.25, 0.3) is 0 Å². The third-order valence-electron chi connectivity index (χ3n) is 3.88. The maximum Gasteiger partial charge on any atom is 0.497 e. The van der Waals surface area contributed by atoms with Crippen LogP contribution >= 0.6 is 23.9 Å². The van der Waals surface area contributed by atoms with Crippen molar-refractivity contribution in [1.29, 1.82) is 0 Å². The number of rotatable bonds is 10. The molecule has 1 unspecified atom stereocenters. The summed E-state index contributed by atoms with van der Waals surface area (Å²) in [5.41, 5.74) is -5.16. The SMILES string of the molecule is C=C(CC(=O)OCCS[NH+]([O-])SC(F)(F)F)C(=O)OC1(CC)CCCC1. The van der Waals surface area contributed by atoms with Crippen molar-refractivity contribution in [2.75, 3.05) is 12.4 Å². The number of nitrogens with one attached hydrogen (secondary N) is 1. The fraction of sp³-hybridized carbons (Fsp3) is 0.733. The molecular formula is C15H22F3NO5S2. The van der Waals surface area contributed by atoms with E-state index in [1.54, 1.807) is 0 Å². The first-order valence-electron chi connectivity index (χ1n) is 8.06. The lowest BCUT2D eigenvalue weighted by atomic mass is 9.98. The lowest BCUT2D eigenvalue weighted by Gasteiger charge is -2.27. The minimum Gasteiger partial charge on any atom is -0.609 e. The van der Waals surface area contributed by atoms with Gasteiger partial charge in [-0.05, 0) is 32.1 Å². The molecule has 11 heteroatoms.